The molecule has 60 heavy (non-hydrogen) atoms. The van der Waals surface area contributed by atoms with Crippen LogP contribution in [-0.2, 0) is 27.1 Å². The molecule has 1 aliphatic heterocycles. The van der Waals surface area contributed by atoms with E-state index in [0.717, 1.165) is 68.2 Å². The summed E-state index contributed by atoms with van der Waals surface area (Å²) in [5, 5.41) is 38.5. The van der Waals surface area contributed by atoms with Gasteiger partial charge in [0, 0.05) is 18.7 Å². The first-order valence-electron chi connectivity index (χ1n) is 20.7. The monoisotopic (exact) mass is 854 g/mol. The lowest BCUT2D eigenvalue weighted by Crippen LogP contribution is -2.54. The van der Waals surface area contributed by atoms with E-state index in [4.69, 9.17) is 44.0 Å². The largest absolute Gasteiger partial charge is 0.389 e. The SMILES string of the molecule is CCCCCCN(CCCN[C@@H](CCc1ccc(CCCCN=C(N)NC(=O)c2nc(Cl)c(N)nc2N)cc1)C(N)=O)C[C@H](O)[C@@H](O)[C@@H]1OC(c2ccccc2)OC[C@H]1O. The number of guanidine groups is 1. The zero-order chi connectivity index (χ0) is 43.4. The molecule has 1 fully saturated rings. The van der Waals surface area contributed by atoms with Crippen LogP contribution in [0.4, 0.5) is 11.6 Å². The predicted molar refractivity (Wildman–Crippen MR) is 232 cm³/mol. The highest BCUT2D eigenvalue weighted by atomic mass is 35.5. The molecule has 2 aromatic carbocycles. The highest BCUT2D eigenvalue weighted by Gasteiger charge is 2.39. The van der Waals surface area contributed by atoms with Crippen molar-refractivity contribution in [1.82, 2.24) is 25.5 Å². The summed E-state index contributed by atoms with van der Waals surface area (Å²) in [6.45, 7) is 4.64. The maximum absolute atomic E-state index is 12.4. The van der Waals surface area contributed by atoms with Gasteiger partial charge in [-0.3, -0.25) is 19.9 Å². The average Bonchev–Trinajstić information content (AvgIpc) is 3.23. The van der Waals surface area contributed by atoms with Crippen LogP contribution in [0.3, 0.4) is 0 Å². The van der Waals surface area contributed by atoms with E-state index in [1.807, 2.05) is 30.3 Å². The van der Waals surface area contributed by atoms with Gasteiger partial charge in [0.1, 0.15) is 18.3 Å². The molecule has 0 spiro atoms. The fraction of sp³-hybridized carbons (Fsp3) is 0.548. The third-order valence-corrected chi connectivity index (χ3v) is 10.6. The minimum Gasteiger partial charge on any atom is -0.389 e. The second-order valence-corrected chi connectivity index (χ2v) is 15.5. The molecule has 1 unspecified atom stereocenters. The standard InChI is InChI=1S/C42H63ClN10O7/c1-2-3-4-10-23-53(25-31(54)34(56)35-32(55)26-59-41(60-35)29-13-6-5-7-14-29)24-11-22-48-30(39(46)57)20-19-28-17-15-27(16-18-28)12-8-9-21-49-42(47)52-40(58)33-37(44)51-38(45)36(43)50-33/h5-7,13-18,30-32,34-35,41,48,54-56H,2-4,8-12,19-26H2,1H3,(H2,46,57)(H4,44,45,51)(H3,47,49,52,58)/t30-,31-,32+,34+,35+,41?/m0/s1. The number of aryl methyl sites for hydroxylation is 2. The molecule has 0 bridgehead atoms. The number of rotatable bonds is 25. The summed E-state index contributed by atoms with van der Waals surface area (Å²) in [7, 11) is 0. The van der Waals surface area contributed by atoms with Gasteiger partial charge in [0.05, 0.1) is 18.8 Å². The third-order valence-electron chi connectivity index (χ3n) is 10.3. The quantitative estimate of drug-likeness (QED) is 0.0336. The van der Waals surface area contributed by atoms with Crippen molar-refractivity contribution in [2.75, 3.05) is 50.8 Å². The molecule has 0 radical (unpaired) electrons. The minimum absolute atomic E-state index is 0.0228. The number of aliphatic imine (C=N–C) groups is 1. The Kier molecular flexibility index (Phi) is 20.4. The molecule has 0 saturated carbocycles. The number of aliphatic hydroxyl groups excluding tert-OH is 3. The van der Waals surface area contributed by atoms with Crippen LogP contribution in [0.5, 0.6) is 0 Å². The Hall–Kier alpha value is -4.46. The summed E-state index contributed by atoms with van der Waals surface area (Å²) < 4.78 is 11.6. The number of hydrogen-bond acceptors (Lipinski definition) is 14. The van der Waals surface area contributed by atoms with Gasteiger partial charge in [0.25, 0.3) is 5.91 Å². The van der Waals surface area contributed by atoms with Crippen LogP contribution in [-0.4, -0.2) is 118 Å². The van der Waals surface area contributed by atoms with E-state index in [-0.39, 0.29) is 41.6 Å². The average molecular weight is 855 g/mol. The summed E-state index contributed by atoms with van der Waals surface area (Å²) in [4.78, 5) is 38.7. The number of nitrogens with two attached hydrogens (primary N) is 4. The lowest BCUT2D eigenvalue weighted by atomic mass is 10.0. The minimum atomic E-state index is -1.33. The van der Waals surface area contributed by atoms with E-state index in [1.54, 1.807) is 0 Å². The van der Waals surface area contributed by atoms with E-state index >= 15 is 0 Å². The van der Waals surface area contributed by atoms with Gasteiger partial charge in [0.15, 0.2) is 34.7 Å². The summed E-state index contributed by atoms with van der Waals surface area (Å²) in [5.41, 5.74) is 25.7. The van der Waals surface area contributed by atoms with E-state index in [0.29, 0.717) is 38.9 Å². The Morgan fingerprint density at radius 2 is 1.63 bits per heavy atom. The summed E-state index contributed by atoms with van der Waals surface area (Å²) >= 11 is 5.84. The summed E-state index contributed by atoms with van der Waals surface area (Å²) in [6.07, 6.45) is 3.18. The number of ether oxygens (including phenoxy) is 2. The van der Waals surface area contributed by atoms with Crippen molar-refractivity contribution in [3.8, 4) is 0 Å². The number of nitrogens with one attached hydrogen (secondary N) is 2. The lowest BCUT2D eigenvalue weighted by Gasteiger charge is -2.38. The number of hydrogen-bond donors (Lipinski definition) is 9. The first-order chi connectivity index (χ1) is 28.9. The Balaban J connectivity index is 1.17. The third kappa shape index (κ3) is 15.9. The highest BCUT2D eigenvalue weighted by molar-refractivity contribution is 6.31. The first kappa shape index (κ1) is 48.2. The molecule has 330 valence electrons. The Labute approximate surface area is 357 Å². The number of carbonyl (C=O) groups excluding carboxylic acids is 2. The fourth-order valence-corrected chi connectivity index (χ4v) is 6.99. The van der Waals surface area contributed by atoms with Crippen LogP contribution in [0.25, 0.3) is 0 Å². The van der Waals surface area contributed by atoms with E-state index in [1.165, 1.54) is 0 Å². The number of amides is 2. The lowest BCUT2D eigenvalue weighted by molar-refractivity contribution is -0.283. The van der Waals surface area contributed by atoms with E-state index in [2.05, 4.69) is 61.7 Å². The molecule has 0 aliphatic carbocycles. The number of unbranched alkanes of at least 4 members (excludes halogenated alkanes) is 4. The maximum atomic E-state index is 12.4. The Morgan fingerprint density at radius 1 is 0.933 bits per heavy atom. The van der Waals surface area contributed by atoms with Crippen molar-refractivity contribution >= 4 is 41.0 Å². The van der Waals surface area contributed by atoms with Gasteiger partial charge in [-0.05, 0) is 75.7 Å². The molecule has 17 nitrogen and oxygen atoms in total. The van der Waals surface area contributed by atoms with Crippen LogP contribution < -0.4 is 33.6 Å². The smallest absolute Gasteiger partial charge is 0.280 e. The Bertz CT molecular complexity index is 1790. The molecule has 1 aromatic heterocycles. The molecular formula is C42H63ClN10O7. The predicted octanol–water partition coefficient (Wildman–Crippen LogP) is 2.21. The van der Waals surface area contributed by atoms with Crippen molar-refractivity contribution in [2.24, 2.45) is 16.5 Å². The van der Waals surface area contributed by atoms with E-state index < -0.39 is 48.6 Å². The summed E-state index contributed by atoms with van der Waals surface area (Å²) in [5.74, 6) is -1.43. The Morgan fingerprint density at radius 3 is 2.33 bits per heavy atom. The van der Waals surface area contributed by atoms with Gasteiger partial charge in [-0.25, -0.2) is 9.97 Å². The number of halogens is 1. The van der Waals surface area contributed by atoms with Crippen molar-refractivity contribution < 1.29 is 34.4 Å². The number of primary amides is 1. The fourth-order valence-electron chi connectivity index (χ4n) is 6.87. The first-order valence-corrected chi connectivity index (χ1v) is 21.1. The second-order valence-electron chi connectivity index (χ2n) is 15.1. The molecule has 18 heteroatoms. The highest BCUT2D eigenvalue weighted by Crippen LogP contribution is 2.29. The van der Waals surface area contributed by atoms with Gasteiger partial charge in [-0.15, -0.1) is 0 Å². The van der Waals surface area contributed by atoms with Crippen molar-refractivity contribution in [3.05, 3.63) is 82.1 Å². The van der Waals surface area contributed by atoms with Crippen molar-refractivity contribution in [2.45, 2.75) is 108 Å². The van der Waals surface area contributed by atoms with Gasteiger partial charge >= 0.3 is 0 Å². The van der Waals surface area contributed by atoms with Crippen LogP contribution in [0.1, 0.15) is 91.8 Å². The van der Waals surface area contributed by atoms with Gasteiger partial charge in [-0.2, -0.15) is 0 Å². The number of anilines is 2. The zero-order valence-electron chi connectivity index (χ0n) is 34.4. The van der Waals surface area contributed by atoms with Crippen LogP contribution in [0, 0.1) is 0 Å². The molecule has 3 aromatic rings. The van der Waals surface area contributed by atoms with Crippen molar-refractivity contribution in [3.63, 3.8) is 0 Å². The summed E-state index contributed by atoms with van der Waals surface area (Å²) in [6, 6.07) is 17.0. The van der Waals surface area contributed by atoms with Crippen LogP contribution in [0.15, 0.2) is 59.6 Å². The number of benzene rings is 2. The van der Waals surface area contributed by atoms with Gasteiger partial charge < -0.3 is 57.9 Å². The molecule has 2 amide bonds. The number of carbonyl (C=O) groups is 2. The van der Waals surface area contributed by atoms with Gasteiger partial charge in [0.2, 0.25) is 5.91 Å². The molecular weight excluding hydrogens is 792 g/mol. The molecule has 4 rings (SSSR count). The topological polar surface area (TPSA) is 283 Å². The number of aromatic nitrogens is 2. The van der Waals surface area contributed by atoms with Crippen molar-refractivity contribution in [1.29, 1.82) is 0 Å². The maximum Gasteiger partial charge on any atom is 0.280 e. The second kappa shape index (κ2) is 25.3. The normalized spacial score (nSPS) is 18.6. The van der Waals surface area contributed by atoms with Crippen LogP contribution in [0.2, 0.25) is 5.15 Å². The zero-order valence-corrected chi connectivity index (χ0v) is 35.2. The number of nitrogens with zero attached hydrogens (tertiary/aromatic N) is 4. The molecule has 1 aliphatic rings. The number of aliphatic hydroxyl groups is 3. The van der Waals surface area contributed by atoms with Gasteiger partial charge in [-0.1, -0.05) is 92.4 Å². The molecule has 2 heterocycles. The molecule has 1 saturated heterocycles. The van der Waals surface area contributed by atoms with E-state index in [9.17, 15) is 24.9 Å². The molecule has 13 N–H and O–H groups in total. The van der Waals surface area contributed by atoms with Crippen LogP contribution >= 0.6 is 11.6 Å². The molecule has 6 atom stereocenters. The number of nitrogen functional groups attached to an aromatic ring is 2.